The van der Waals surface area contributed by atoms with Crippen LogP contribution >= 0.6 is 21.6 Å². The van der Waals surface area contributed by atoms with Gasteiger partial charge >= 0.3 is 0 Å². The van der Waals surface area contributed by atoms with Gasteiger partial charge in [-0.2, -0.15) is 0 Å². The van der Waals surface area contributed by atoms with Crippen molar-refractivity contribution in [3.63, 3.8) is 0 Å². The van der Waals surface area contributed by atoms with Gasteiger partial charge in [0.1, 0.15) is 30.2 Å². The summed E-state index contributed by atoms with van der Waals surface area (Å²) in [5.41, 5.74) is 0. The lowest BCUT2D eigenvalue weighted by molar-refractivity contribution is -0.135. The average molecular weight is 530 g/mol. The molecule has 0 unspecified atom stereocenters. The zero-order valence-electron chi connectivity index (χ0n) is 21.3. The lowest BCUT2D eigenvalue weighted by Gasteiger charge is -2.29. The van der Waals surface area contributed by atoms with Crippen molar-refractivity contribution in [3.8, 4) is 0 Å². The molecule has 10 nitrogen and oxygen atoms in total. The summed E-state index contributed by atoms with van der Waals surface area (Å²) in [6.07, 6.45) is 0.987. The van der Waals surface area contributed by atoms with Gasteiger partial charge in [-0.05, 0) is 24.2 Å². The first kappa shape index (κ1) is 29.3. The van der Waals surface area contributed by atoms with Gasteiger partial charge in [-0.15, -0.1) is 0 Å². The van der Waals surface area contributed by atoms with Crippen LogP contribution in [0.4, 0.5) is 0 Å². The zero-order valence-corrected chi connectivity index (χ0v) is 22.9. The first-order valence-electron chi connectivity index (χ1n) is 12.2. The fourth-order valence-electron chi connectivity index (χ4n) is 3.84. The Morgan fingerprint density at radius 1 is 0.686 bits per heavy atom. The van der Waals surface area contributed by atoms with Crippen molar-refractivity contribution in [2.75, 3.05) is 11.5 Å². The number of hydrogen-bond acceptors (Lipinski definition) is 7. The molecule has 2 bridgehead atoms. The molecule has 6 atom stereocenters. The molecule has 0 spiro atoms. The summed E-state index contributed by atoms with van der Waals surface area (Å²) in [5.74, 6) is -2.10. The van der Waals surface area contributed by atoms with Crippen LogP contribution in [0.15, 0.2) is 0 Å². The molecule has 198 valence electrons. The molecule has 0 saturated carbocycles. The number of rotatable bonds is 5. The molecule has 35 heavy (non-hydrogen) atoms. The number of nitrogens with one attached hydrogen (secondary N) is 5. The first-order chi connectivity index (χ1) is 16.4. The Balaban J connectivity index is 2.49. The van der Waals surface area contributed by atoms with Crippen molar-refractivity contribution in [3.05, 3.63) is 0 Å². The van der Waals surface area contributed by atoms with Crippen molar-refractivity contribution >= 4 is 51.1 Å². The van der Waals surface area contributed by atoms with E-state index in [1.54, 1.807) is 13.8 Å². The predicted molar refractivity (Wildman–Crippen MR) is 138 cm³/mol. The van der Waals surface area contributed by atoms with Crippen molar-refractivity contribution in [1.82, 2.24) is 26.6 Å². The third kappa shape index (κ3) is 8.30. The Morgan fingerprint density at radius 2 is 1.17 bits per heavy atom. The third-order valence-electron chi connectivity index (χ3n) is 6.20. The minimum absolute atomic E-state index is 0.0924. The van der Waals surface area contributed by atoms with Crippen LogP contribution in [0, 0.1) is 17.8 Å². The van der Waals surface area contributed by atoms with Gasteiger partial charge in [0.25, 0.3) is 0 Å². The summed E-state index contributed by atoms with van der Waals surface area (Å²) in [7, 11) is 2.80. The summed E-state index contributed by atoms with van der Waals surface area (Å²) in [5, 5.41) is 13.9. The highest BCUT2D eigenvalue weighted by molar-refractivity contribution is 8.76. The second kappa shape index (κ2) is 13.4. The molecule has 0 aromatic heterocycles. The normalized spacial score (nSPS) is 30.2. The molecule has 2 aliphatic rings. The van der Waals surface area contributed by atoms with E-state index in [9.17, 15) is 24.0 Å². The summed E-state index contributed by atoms with van der Waals surface area (Å²) in [6.45, 7) is 11.2. The fraction of sp³-hybridized carbons (Fsp3) is 0.783. The fourth-order valence-corrected chi connectivity index (χ4v) is 6.17. The van der Waals surface area contributed by atoms with E-state index in [-0.39, 0.29) is 17.8 Å². The quantitative estimate of drug-likeness (QED) is 0.327. The highest BCUT2D eigenvalue weighted by Gasteiger charge is 2.37. The topological polar surface area (TPSA) is 146 Å². The smallest absolute Gasteiger partial charge is 0.244 e. The van der Waals surface area contributed by atoms with Gasteiger partial charge in [0.15, 0.2) is 0 Å². The number of carbonyl (C=O) groups is 5. The molecular weight excluding hydrogens is 490 g/mol. The second-order valence-electron chi connectivity index (χ2n) is 9.98. The first-order valence-corrected chi connectivity index (χ1v) is 14.7. The molecule has 0 aromatic carbocycles. The van der Waals surface area contributed by atoms with Gasteiger partial charge in [0.05, 0.1) is 0 Å². The van der Waals surface area contributed by atoms with E-state index < -0.39 is 59.7 Å². The highest BCUT2D eigenvalue weighted by Crippen LogP contribution is 2.25. The molecule has 5 amide bonds. The van der Waals surface area contributed by atoms with E-state index in [1.165, 1.54) is 21.6 Å². The summed E-state index contributed by atoms with van der Waals surface area (Å²) >= 11 is 0. The highest BCUT2D eigenvalue weighted by atomic mass is 33.1. The molecule has 0 aromatic rings. The Hall–Kier alpha value is -1.95. The molecule has 2 saturated heterocycles. The predicted octanol–water partition coefficient (Wildman–Crippen LogP) is 0.567. The maximum atomic E-state index is 13.3. The van der Waals surface area contributed by atoms with E-state index in [2.05, 4.69) is 26.6 Å². The number of fused-ring (bicyclic) bond motifs is 3. The van der Waals surface area contributed by atoms with Crippen LogP contribution in [0.1, 0.15) is 54.4 Å². The van der Waals surface area contributed by atoms with Crippen LogP contribution in [-0.4, -0.2) is 71.3 Å². The van der Waals surface area contributed by atoms with Gasteiger partial charge in [0.2, 0.25) is 29.5 Å². The van der Waals surface area contributed by atoms with E-state index in [0.29, 0.717) is 24.3 Å². The Bertz CT molecular complexity index is 809. The van der Waals surface area contributed by atoms with Gasteiger partial charge in [-0.3, -0.25) is 24.0 Å². The monoisotopic (exact) mass is 529 g/mol. The maximum absolute atomic E-state index is 13.3. The summed E-state index contributed by atoms with van der Waals surface area (Å²) < 4.78 is 0. The number of carbonyl (C=O) groups excluding carboxylic acids is 5. The van der Waals surface area contributed by atoms with Crippen LogP contribution in [0.3, 0.4) is 0 Å². The van der Waals surface area contributed by atoms with Gasteiger partial charge in [0, 0.05) is 11.5 Å². The minimum atomic E-state index is -0.893. The van der Waals surface area contributed by atoms with Crippen LogP contribution in [0.25, 0.3) is 0 Å². The summed E-state index contributed by atoms with van der Waals surface area (Å²) in [6, 6.07) is -4.38. The molecule has 2 fully saturated rings. The number of hydrogen-bond donors (Lipinski definition) is 5. The van der Waals surface area contributed by atoms with Crippen LogP contribution in [0.5, 0.6) is 0 Å². The Labute approximate surface area is 215 Å². The minimum Gasteiger partial charge on any atom is -0.343 e. The summed E-state index contributed by atoms with van der Waals surface area (Å²) in [4.78, 5) is 65.8. The van der Waals surface area contributed by atoms with Crippen molar-refractivity contribution in [1.29, 1.82) is 0 Å². The Morgan fingerprint density at radius 3 is 1.69 bits per heavy atom. The van der Waals surface area contributed by atoms with Crippen LogP contribution < -0.4 is 26.6 Å². The van der Waals surface area contributed by atoms with Crippen molar-refractivity contribution in [2.24, 2.45) is 17.8 Å². The van der Waals surface area contributed by atoms with Crippen LogP contribution in [-0.2, 0) is 24.0 Å². The van der Waals surface area contributed by atoms with Gasteiger partial charge in [-0.1, -0.05) is 69.6 Å². The molecule has 5 N–H and O–H groups in total. The molecule has 2 rings (SSSR count). The molecule has 2 heterocycles. The average Bonchev–Trinajstić information content (AvgIpc) is 2.77. The SMILES string of the molecule is CC[C@@H](C)[C@H]1NC(=O)[C@@H](CC(C)C)NC(=O)[C@@H](C(C)C)NC(=O)[C@@H]2CSSC[C@@H](NC1=O)C(=O)N2. The standard InChI is InChI=1S/C23H39N5O5S2/c1-7-13(6)18-23(33)26-15-9-34-35-10-16(25-20(15)30)21(31)27-17(12(4)5)22(32)24-14(8-11(2)3)19(29)28-18/h11-18H,7-10H2,1-6H3,(H,24,32)(H,25,30)(H,26,33)(H,27,31)(H,28,29)/t13-,14-,15-,16+,17-,18-/m1/s1. The zero-order chi connectivity index (χ0) is 26.3. The van der Waals surface area contributed by atoms with E-state index in [4.69, 9.17) is 0 Å². The van der Waals surface area contributed by atoms with E-state index in [1.807, 2.05) is 27.7 Å². The largest absolute Gasteiger partial charge is 0.343 e. The lowest BCUT2D eigenvalue weighted by Crippen LogP contribution is -2.60. The van der Waals surface area contributed by atoms with Crippen LogP contribution in [0.2, 0.25) is 0 Å². The van der Waals surface area contributed by atoms with Gasteiger partial charge in [-0.25, -0.2) is 0 Å². The third-order valence-corrected chi connectivity index (χ3v) is 8.62. The Kier molecular flexibility index (Phi) is 11.2. The molecule has 0 radical (unpaired) electrons. The second-order valence-corrected chi connectivity index (χ2v) is 12.5. The molecule has 0 aliphatic carbocycles. The lowest BCUT2D eigenvalue weighted by atomic mass is 9.96. The molecule has 2 aliphatic heterocycles. The van der Waals surface area contributed by atoms with E-state index in [0.717, 1.165) is 0 Å². The van der Waals surface area contributed by atoms with E-state index >= 15 is 0 Å². The molecule has 12 heteroatoms. The number of amides is 5. The van der Waals surface area contributed by atoms with Gasteiger partial charge < -0.3 is 26.6 Å². The van der Waals surface area contributed by atoms with Crippen molar-refractivity contribution < 1.29 is 24.0 Å². The molecular formula is C23H39N5O5S2. The van der Waals surface area contributed by atoms with Crippen molar-refractivity contribution in [2.45, 2.75) is 84.6 Å². The maximum Gasteiger partial charge on any atom is 0.244 e.